The lowest BCUT2D eigenvalue weighted by Crippen LogP contribution is -2.47. The molecule has 0 atom stereocenters. The van der Waals surface area contributed by atoms with Crippen molar-refractivity contribution in [3.63, 3.8) is 0 Å². The first-order valence-corrected chi connectivity index (χ1v) is 8.51. The fraction of sp³-hybridized carbons (Fsp3) is 0.462. The van der Waals surface area contributed by atoms with Gasteiger partial charge in [0.15, 0.2) is 0 Å². The van der Waals surface area contributed by atoms with Gasteiger partial charge in [-0.05, 0) is 26.0 Å². The molecule has 1 aromatic rings. The van der Waals surface area contributed by atoms with Gasteiger partial charge in [0.25, 0.3) is 5.69 Å². The van der Waals surface area contributed by atoms with Gasteiger partial charge in [0.2, 0.25) is 15.9 Å². The van der Waals surface area contributed by atoms with Crippen LogP contribution in [0, 0.1) is 10.1 Å². The van der Waals surface area contributed by atoms with Crippen molar-refractivity contribution in [3.05, 3.63) is 28.3 Å². The Morgan fingerprint density at radius 2 is 2.09 bits per heavy atom. The summed E-state index contributed by atoms with van der Waals surface area (Å²) in [5.74, 6) is -0.233. The van der Waals surface area contributed by atoms with Gasteiger partial charge >= 0.3 is 0 Å². The van der Waals surface area contributed by atoms with Crippen LogP contribution in [0.1, 0.15) is 13.8 Å². The first-order valence-electron chi connectivity index (χ1n) is 7.03. The number of amides is 1. The number of nitrogens with one attached hydrogen (secondary N) is 2. The molecule has 10 heteroatoms. The van der Waals surface area contributed by atoms with Crippen LogP contribution in [0.3, 0.4) is 0 Å². The number of rotatable bonds is 5. The molecule has 0 aliphatic carbocycles. The van der Waals surface area contributed by atoms with E-state index >= 15 is 0 Å². The summed E-state index contributed by atoms with van der Waals surface area (Å²) in [6, 6.07) is 3.36. The van der Waals surface area contributed by atoms with E-state index < -0.39 is 14.9 Å². The summed E-state index contributed by atoms with van der Waals surface area (Å²) in [4.78, 5) is 23.5. The number of hydrogen-bond acceptors (Lipinski definition) is 6. The lowest BCUT2D eigenvalue weighted by Gasteiger charge is -2.28. The number of nitrogens with zero attached hydrogens (tertiary/aromatic N) is 2. The van der Waals surface area contributed by atoms with Crippen LogP contribution in [0.5, 0.6) is 0 Å². The van der Waals surface area contributed by atoms with Crippen LogP contribution in [0.15, 0.2) is 23.1 Å². The fourth-order valence-electron chi connectivity index (χ4n) is 2.31. The third kappa shape index (κ3) is 3.96. The Morgan fingerprint density at radius 1 is 1.39 bits per heavy atom. The van der Waals surface area contributed by atoms with Crippen molar-refractivity contribution in [2.45, 2.75) is 24.8 Å². The van der Waals surface area contributed by atoms with E-state index in [1.807, 2.05) is 0 Å². The molecule has 1 aliphatic rings. The Balaban J connectivity index is 2.43. The number of nitro benzene ring substituents is 1. The summed E-state index contributed by atoms with van der Waals surface area (Å²) < 4.78 is 26.7. The van der Waals surface area contributed by atoms with Gasteiger partial charge in [-0.25, -0.2) is 13.1 Å². The number of carbonyl (C=O) groups is 1. The summed E-state index contributed by atoms with van der Waals surface area (Å²) in [7, 11) is -3.83. The van der Waals surface area contributed by atoms with E-state index in [9.17, 15) is 23.3 Å². The largest absolute Gasteiger partial charge is 0.355 e. The first-order chi connectivity index (χ1) is 10.7. The van der Waals surface area contributed by atoms with Crippen molar-refractivity contribution < 1.29 is 18.1 Å². The summed E-state index contributed by atoms with van der Waals surface area (Å²) in [6.45, 7) is 4.12. The van der Waals surface area contributed by atoms with E-state index in [0.717, 1.165) is 6.07 Å². The molecule has 0 aromatic heterocycles. The Bertz CT molecular complexity index is 732. The monoisotopic (exact) mass is 342 g/mol. The number of anilines is 1. The standard InChI is InChI=1S/C13H18N4O5S/c1-9(2)15-23(21,22)10-3-4-11(12(7-10)17(19)20)16-6-5-14-13(18)8-16/h3-4,7,9,15H,5-6,8H2,1-2H3,(H,14,18). The van der Waals surface area contributed by atoms with Crippen molar-refractivity contribution in [2.24, 2.45) is 0 Å². The van der Waals surface area contributed by atoms with Gasteiger partial charge in [-0.1, -0.05) is 0 Å². The number of piperazine rings is 1. The highest BCUT2D eigenvalue weighted by Crippen LogP contribution is 2.31. The molecule has 0 radical (unpaired) electrons. The molecule has 1 fully saturated rings. The quantitative estimate of drug-likeness (QED) is 0.583. The van der Waals surface area contributed by atoms with Crippen LogP contribution >= 0.6 is 0 Å². The molecule has 1 aromatic carbocycles. The molecule has 0 spiro atoms. The normalized spacial score (nSPS) is 15.6. The van der Waals surface area contributed by atoms with Crippen LogP contribution in [0.2, 0.25) is 0 Å². The highest BCUT2D eigenvalue weighted by Gasteiger charge is 2.27. The van der Waals surface area contributed by atoms with Crippen LogP contribution < -0.4 is 14.9 Å². The molecule has 9 nitrogen and oxygen atoms in total. The molecule has 1 aliphatic heterocycles. The average molecular weight is 342 g/mol. The molecule has 2 N–H and O–H groups in total. The third-order valence-electron chi connectivity index (χ3n) is 3.22. The van der Waals surface area contributed by atoms with Crippen molar-refractivity contribution in [3.8, 4) is 0 Å². The van der Waals surface area contributed by atoms with Gasteiger partial charge < -0.3 is 10.2 Å². The SMILES string of the molecule is CC(C)NS(=O)(=O)c1ccc(N2CCNC(=O)C2)c([N+](=O)[O-])c1. The second-order valence-corrected chi connectivity index (χ2v) is 7.17. The number of nitro groups is 1. The molecule has 126 valence electrons. The van der Waals surface area contributed by atoms with Gasteiger partial charge in [0.05, 0.1) is 16.4 Å². The molecular weight excluding hydrogens is 324 g/mol. The Morgan fingerprint density at radius 3 is 2.65 bits per heavy atom. The molecule has 0 saturated carbocycles. The summed E-state index contributed by atoms with van der Waals surface area (Å²) in [6.07, 6.45) is 0. The maximum absolute atomic E-state index is 12.1. The minimum absolute atomic E-state index is 0.00280. The number of carbonyl (C=O) groups excluding carboxylic acids is 1. The topological polar surface area (TPSA) is 122 Å². The van der Waals surface area contributed by atoms with Crippen LogP contribution in [-0.2, 0) is 14.8 Å². The number of benzene rings is 1. The molecule has 0 unspecified atom stereocenters. The summed E-state index contributed by atoms with van der Waals surface area (Å²) >= 11 is 0. The van der Waals surface area contributed by atoms with Crippen LogP contribution in [0.4, 0.5) is 11.4 Å². The molecule has 1 heterocycles. The summed E-state index contributed by atoms with van der Waals surface area (Å²) in [5, 5.41) is 13.9. The zero-order valence-corrected chi connectivity index (χ0v) is 13.6. The van der Waals surface area contributed by atoms with E-state index in [0.29, 0.717) is 13.1 Å². The summed E-state index contributed by atoms with van der Waals surface area (Å²) in [5.41, 5.74) is -0.111. The smallest absolute Gasteiger partial charge is 0.293 e. The second-order valence-electron chi connectivity index (χ2n) is 5.46. The second kappa shape index (κ2) is 6.50. The highest BCUT2D eigenvalue weighted by molar-refractivity contribution is 7.89. The predicted molar refractivity (Wildman–Crippen MR) is 83.8 cm³/mol. The highest BCUT2D eigenvalue weighted by atomic mass is 32.2. The Kier molecular flexibility index (Phi) is 4.85. The predicted octanol–water partition coefficient (Wildman–Crippen LogP) is 0.218. The molecular formula is C13H18N4O5S. The maximum Gasteiger partial charge on any atom is 0.293 e. The van der Waals surface area contributed by atoms with Crippen molar-refractivity contribution in [1.82, 2.24) is 10.0 Å². The zero-order chi connectivity index (χ0) is 17.2. The van der Waals surface area contributed by atoms with Gasteiger partial charge in [-0.2, -0.15) is 0 Å². The van der Waals surface area contributed by atoms with Crippen molar-refractivity contribution >= 4 is 27.3 Å². The molecule has 0 bridgehead atoms. The van der Waals surface area contributed by atoms with Gasteiger partial charge in [0, 0.05) is 25.2 Å². The van der Waals surface area contributed by atoms with E-state index in [-0.39, 0.29) is 34.8 Å². The van der Waals surface area contributed by atoms with Gasteiger partial charge in [0.1, 0.15) is 5.69 Å². The van der Waals surface area contributed by atoms with Gasteiger partial charge in [-0.15, -0.1) is 0 Å². The average Bonchev–Trinajstić information content (AvgIpc) is 2.45. The third-order valence-corrected chi connectivity index (χ3v) is 4.88. The van der Waals surface area contributed by atoms with Crippen molar-refractivity contribution in [2.75, 3.05) is 24.5 Å². The Hall–Kier alpha value is -2.20. The lowest BCUT2D eigenvalue weighted by molar-refractivity contribution is -0.384. The number of hydrogen-bond donors (Lipinski definition) is 2. The Labute approximate surface area is 133 Å². The lowest BCUT2D eigenvalue weighted by atomic mass is 10.2. The van der Waals surface area contributed by atoms with E-state index in [2.05, 4.69) is 10.0 Å². The zero-order valence-electron chi connectivity index (χ0n) is 12.8. The first kappa shape index (κ1) is 17.2. The number of sulfonamides is 1. The van der Waals surface area contributed by atoms with E-state index in [4.69, 9.17) is 0 Å². The molecule has 1 saturated heterocycles. The fourth-order valence-corrected chi connectivity index (χ4v) is 3.58. The van der Waals surface area contributed by atoms with Crippen LogP contribution in [0.25, 0.3) is 0 Å². The molecule has 23 heavy (non-hydrogen) atoms. The minimum atomic E-state index is -3.83. The van der Waals surface area contributed by atoms with E-state index in [1.54, 1.807) is 18.7 Å². The minimum Gasteiger partial charge on any atom is -0.355 e. The van der Waals surface area contributed by atoms with Gasteiger partial charge in [-0.3, -0.25) is 14.9 Å². The van der Waals surface area contributed by atoms with E-state index in [1.165, 1.54) is 12.1 Å². The molecule has 2 rings (SSSR count). The van der Waals surface area contributed by atoms with Crippen LogP contribution in [-0.4, -0.2) is 44.9 Å². The van der Waals surface area contributed by atoms with Crippen molar-refractivity contribution in [1.29, 1.82) is 0 Å². The maximum atomic E-state index is 12.1. The molecule has 1 amide bonds.